The van der Waals surface area contributed by atoms with Gasteiger partial charge in [-0.2, -0.15) is 0 Å². The molecule has 5 nitrogen and oxygen atoms in total. The summed E-state index contributed by atoms with van der Waals surface area (Å²) >= 11 is 0. The number of aromatic nitrogens is 2. The normalized spacial score (nSPS) is 15.5. The van der Waals surface area contributed by atoms with Crippen molar-refractivity contribution in [3.63, 3.8) is 0 Å². The number of nitrogens with zero attached hydrogens (tertiary/aromatic N) is 2. The number of ether oxygens (including phenoxy) is 2. The lowest BCUT2D eigenvalue weighted by Crippen LogP contribution is -2.25. The highest BCUT2D eigenvalue weighted by Crippen LogP contribution is 2.42. The minimum atomic E-state index is -3.58. The molecule has 0 aliphatic carbocycles. The first-order valence-electron chi connectivity index (χ1n) is 5.62. The van der Waals surface area contributed by atoms with Gasteiger partial charge in [0.05, 0.1) is 18.6 Å². The van der Waals surface area contributed by atoms with Crippen molar-refractivity contribution in [2.45, 2.75) is 12.8 Å². The summed E-state index contributed by atoms with van der Waals surface area (Å²) in [7, 11) is 1.84. The van der Waals surface area contributed by atoms with E-state index in [1.807, 2.05) is 11.9 Å². The number of nitrogens with one attached hydrogen (secondary N) is 1. The number of fused-ring (bicyclic) bond motifs is 1. The van der Waals surface area contributed by atoms with Crippen molar-refractivity contribution in [2.24, 2.45) is 0 Å². The van der Waals surface area contributed by atoms with Crippen molar-refractivity contribution in [3.05, 3.63) is 36.4 Å². The van der Waals surface area contributed by atoms with Crippen molar-refractivity contribution in [1.82, 2.24) is 9.97 Å². The van der Waals surface area contributed by atoms with Crippen LogP contribution in [-0.2, 0) is 6.54 Å². The fourth-order valence-corrected chi connectivity index (χ4v) is 1.89. The number of hydrogen-bond donors (Lipinski definition) is 1. The molecule has 1 N–H and O–H groups in total. The molecule has 0 saturated heterocycles. The van der Waals surface area contributed by atoms with Gasteiger partial charge >= 0.3 is 6.29 Å². The monoisotopic (exact) mass is 267 g/mol. The summed E-state index contributed by atoms with van der Waals surface area (Å²) < 4.78 is 34.6. The van der Waals surface area contributed by atoms with Gasteiger partial charge in [-0.25, -0.2) is 4.98 Å². The largest absolute Gasteiger partial charge is 0.586 e. The Hall–Kier alpha value is -2.31. The Morgan fingerprint density at radius 1 is 1.32 bits per heavy atom. The molecular formula is C12H11F2N3O2. The number of H-pyrrole nitrogens is 1. The van der Waals surface area contributed by atoms with Crippen LogP contribution < -0.4 is 14.4 Å². The zero-order valence-corrected chi connectivity index (χ0v) is 10.1. The molecule has 1 aliphatic rings. The number of alkyl halides is 2. The zero-order valence-electron chi connectivity index (χ0n) is 10.1. The third-order valence-corrected chi connectivity index (χ3v) is 2.79. The number of anilines is 1. The van der Waals surface area contributed by atoms with E-state index in [2.05, 4.69) is 19.4 Å². The molecule has 19 heavy (non-hydrogen) atoms. The van der Waals surface area contributed by atoms with Gasteiger partial charge in [-0.1, -0.05) is 0 Å². The van der Waals surface area contributed by atoms with E-state index in [0.717, 1.165) is 11.4 Å². The average Bonchev–Trinajstić information content (AvgIpc) is 2.93. The highest BCUT2D eigenvalue weighted by atomic mass is 19.3. The Morgan fingerprint density at radius 3 is 2.84 bits per heavy atom. The molecule has 0 saturated carbocycles. The number of hydrogen-bond acceptors (Lipinski definition) is 4. The highest BCUT2D eigenvalue weighted by Gasteiger charge is 2.43. The van der Waals surface area contributed by atoms with Gasteiger partial charge < -0.3 is 19.4 Å². The molecule has 2 heterocycles. The van der Waals surface area contributed by atoms with Gasteiger partial charge in [0.2, 0.25) is 0 Å². The number of imidazole rings is 1. The summed E-state index contributed by atoms with van der Waals surface area (Å²) in [6.45, 7) is 0.579. The Balaban J connectivity index is 1.80. The maximum absolute atomic E-state index is 12.9. The smallest absolute Gasteiger partial charge is 0.395 e. The molecule has 3 rings (SSSR count). The van der Waals surface area contributed by atoms with Crippen LogP contribution in [0.25, 0.3) is 0 Å². The Kier molecular flexibility index (Phi) is 2.55. The molecule has 0 spiro atoms. The summed E-state index contributed by atoms with van der Waals surface area (Å²) in [5.74, 6) is 0.0858. The summed E-state index contributed by atoms with van der Waals surface area (Å²) in [5.41, 5.74) is 1.67. The van der Waals surface area contributed by atoms with Crippen molar-refractivity contribution in [3.8, 4) is 11.5 Å². The maximum atomic E-state index is 12.9. The standard InChI is InChI=1S/C12H11F2N3O2/c1-17(6-8-5-15-7-16-8)9-2-3-10-11(4-9)19-12(13,14)18-10/h2-5,7H,6H2,1H3,(H,15,16). The predicted octanol–water partition coefficient (Wildman–Crippen LogP) is 2.37. The van der Waals surface area contributed by atoms with Crippen molar-refractivity contribution < 1.29 is 18.3 Å². The predicted molar refractivity (Wildman–Crippen MR) is 63.3 cm³/mol. The van der Waals surface area contributed by atoms with Gasteiger partial charge in [0.15, 0.2) is 11.5 Å². The molecule has 0 fully saturated rings. The molecule has 0 bridgehead atoms. The molecule has 0 atom stereocenters. The SMILES string of the molecule is CN(Cc1cnc[nH]1)c1ccc2c(c1)OC(F)(F)O2. The molecule has 1 aromatic heterocycles. The van der Waals surface area contributed by atoms with Gasteiger partial charge in [0.25, 0.3) is 0 Å². The Bertz CT molecular complexity index is 587. The third-order valence-electron chi connectivity index (χ3n) is 2.79. The quantitative estimate of drug-likeness (QED) is 0.927. The fraction of sp³-hybridized carbons (Fsp3) is 0.250. The van der Waals surface area contributed by atoms with Gasteiger partial charge in [0, 0.05) is 25.0 Å². The molecule has 0 unspecified atom stereocenters. The third kappa shape index (κ3) is 2.31. The Morgan fingerprint density at radius 2 is 2.11 bits per heavy atom. The maximum Gasteiger partial charge on any atom is 0.586 e. The molecular weight excluding hydrogens is 256 g/mol. The molecule has 2 aromatic rings. The van der Waals surface area contributed by atoms with E-state index in [1.54, 1.807) is 18.6 Å². The first kappa shape index (κ1) is 11.8. The van der Waals surface area contributed by atoms with Crippen LogP contribution in [0.3, 0.4) is 0 Å². The summed E-state index contributed by atoms with van der Waals surface area (Å²) in [4.78, 5) is 8.78. The number of aromatic amines is 1. The lowest BCUT2D eigenvalue weighted by atomic mass is 10.2. The molecule has 0 radical (unpaired) electrons. The average molecular weight is 267 g/mol. The summed E-state index contributed by atoms with van der Waals surface area (Å²) in [6, 6.07) is 4.68. The highest BCUT2D eigenvalue weighted by molar-refractivity contribution is 5.57. The van der Waals surface area contributed by atoms with Crippen LogP contribution in [0.15, 0.2) is 30.7 Å². The number of rotatable bonds is 3. The lowest BCUT2D eigenvalue weighted by Gasteiger charge is -2.18. The lowest BCUT2D eigenvalue weighted by molar-refractivity contribution is -0.286. The second-order valence-electron chi connectivity index (χ2n) is 4.23. The van der Waals surface area contributed by atoms with Crippen LogP contribution in [0, 0.1) is 0 Å². The molecule has 1 aliphatic heterocycles. The van der Waals surface area contributed by atoms with E-state index in [0.29, 0.717) is 6.54 Å². The molecule has 0 amide bonds. The van der Waals surface area contributed by atoms with Crippen molar-refractivity contribution in [1.29, 1.82) is 0 Å². The van der Waals surface area contributed by atoms with Crippen molar-refractivity contribution >= 4 is 5.69 Å². The van der Waals surface area contributed by atoms with Crippen LogP contribution in [0.5, 0.6) is 11.5 Å². The first-order valence-corrected chi connectivity index (χ1v) is 5.62. The summed E-state index contributed by atoms with van der Waals surface area (Å²) in [6.07, 6.45) is -0.288. The Labute approximate surface area is 107 Å². The van der Waals surface area contributed by atoms with Gasteiger partial charge in [-0.05, 0) is 12.1 Å². The summed E-state index contributed by atoms with van der Waals surface area (Å²) in [5, 5.41) is 0. The van der Waals surface area contributed by atoms with Gasteiger partial charge in [0.1, 0.15) is 0 Å². The topological polar surface area (TPSA) is 50.4 Å². The van der Waals surface area contributed by atoms with E-state index in [-0.39, 0.29) is 11.5 Å². The molecule has 1 aromatic carbocycles. The molecule has 7 heteroatoms. The van der Waals surface area contributed by atoms with Gasteiger partial charge in [-0.3, -0.25) is 0 Å². The van der Waals surface area contributed by atoms with Crippen molar-refractivity contribution in [2.75, 3.05) is 11.9 Å². The van der Waals surface area contributed by atoms with Crippen LogP contribution in [-0.4, -0.2) is 23.3 Å². The second kappa shape index (κ2) is 4.11. The van der Waals surface area contributed by atoms with E-state index in [9.17, 15) is 8.78 Å². The number of benzene rings is 1. The molecule has 100 valence electrons. The first-order chi connectivity index (χ1) is 9.03. The zero-order chi connectivity index (χ0) is 13.5. The minimum Gasteiger partial charge on any atom is -0.395 e. The van der Waals surface area contributed by atoms with Crippen LogP contribution in [0.4, 0.5) is 14.5 Å². The van der Waals surface area contributed by atoms with E-state index in [4.69, 9.17) is 0 Å². The van der Waals surface area contributed by atoms with Crippen LogP contribution in [0.2, 0.25) is 0 Å². The van der Waals surface area contributed by atoms with E-state index in [1.165, 1.54) is 12.1 Å². The minimum absolute atomic E-state index is 0.0407. The fourth-order valence-electron chi connectivity index (χ4n) is 1.89. The number of halogens is 2. The van der Waals surface area contributed by atoms with Crippen LogP contribution >= 0.6 is 0 Å². The van der Waals surface area contributed by atoms with E-state index < -0.39 is 6.29 Å². The second-order valence-corrected chi connectivity index (χ2v) is 4.23. The van der Waals surface area contributed by atoms with E-state index >= 15 is 0 Å². The van der Waals surface area contributed by atoms with Gasteiger partial charge in [-0.15, -0.1) is 8.78 Å². The van der Waals surface area contributed by atoms with Crippen LogP contribution in [0.1, 0.15) is 5.69 Å².